The molecule has 0 spiro atoms. The lowest BCUT2D eigenvalue weighted by Crippen LogP contribution is -2.57. The molecule has 0 bridgehead atoms. The maximum absolute atomic E-state index is 12.8. The molecule has 0 aromatic carbocycles. The molecule has 4 atom stereocenters. The van der Waals surface area contributed by atoms with E-state index in [4.69, 9.17) is 15.9 Å². The molecular formula is C17H30N4O7S3. The fourth-order valence-electron chi connectivity index (χ4n) is 2.30. The maximum Gasteiger partial charge on any atom is 0.327 e. The molecule has 0 aliphatic rings. The lowest BCUT2D eigenvalue weighted by molar-refractivity contribution is -0.141. The van der Waals surface area contributed by atoms with E-state index < -0.39 is 60.2 Å². The number of thioether (sulfide) groups is 2. The van der Waals surface area contributed by atoms with Crippen LogP contribution in [0.2, 0.25) is 0 Å². The van der Waals surface area contributed by atoms with Gasteiger partial charge in [-0.3, -0.25) is 19.2 Å². The molecule has 0 rings (SSSR count). The van der Waals surface area contributed by atoms with Crippen molar-refractivity contribution < 1.29 is 34.2 Å². The lowest BCUT2D eigenvalue weighted by Gasteiger charge is -2.24. The van der Waals surface area contributed by atoms with Crippen molar-refractivity contribution in [1.29, 1.82) is 0 Å². The fourth-order valence-corrected chi connectivity index (χ4v) is 3.49. The van der Waals surface area contributed by atoms with Gasteiger partial charge in [0, 0.05) is 5.75 Å². The van der Waals surface area contributed by atoms with Crippen LogP contribution in [0.25, 0.3) is 0 Å². The van der Waals surface area contributed by atoms with Crippen LogP contribution >= 0.6 is 36.2 Å². The van der Waals surface area contributed by atoms with E-state index in [1.807, 2.05) is 12.5 Å². The molecule has 178 valence electrons. The molecule has 0 aliphatic carbocycles. The van der Waals surface area contributed by atoms with Crippen LogP contribution in [-0.4, -0.2) is 93.8 Å². The summed E-state index contributed by atoms with van der Waals surface area (Å²) in [6, 6.07) is -4.61. The zero-order valence-electron chi connectivity index (χ0n) is 17.3. The number of carbonyl (C=O) groups excluding carboxylic acids is 3. The first-order valence-electron chi connectivity index (χ1n) is 9.27. The van der Waals surface area contributed by atoms with Crippen molar-refractivity contribution in [3.8, 4) is 0 Å². The Morgan fingerprint density at radius 2 is 1.26 bits per heavy atom. The molecular weight excluding hydrogens is 468 g/mol. The zero-order valence-corrected chi connectivity index (χ0v) is 19.9. The molecule has 0 fully saturated rings. The molecule has 14 heteroatoms. The largest absolute Gasteiger partial charge is 0.481 e. The Labute approximate surface area is 194 Å². The summed E-state index contributed by atoms with van der Waals surface area (Å²) >= 11 is 6.77. The number of hydrogen-bond donors (Lipinski definition) is 7. The van der Waals surface area contributed by atoms with Gasteiger partial charge in [-0.05, 0) is 36.9 Å². The van der Waals surface area contributed by atoms with Crippen LogP contribution in [0.5, 0.6) is 0 Å². The van der Waals surface area contributed by atoms with E-state index in [1.165, 1.54) is 23.5 Å². The van der Waals surface area contributed by atoms with Crippen molar-refractivity contribution in [1.82, 2.24) is 16.0 Å². The molecule has 3 amide bonds. The highest BCUT2D eigenvalue weighted by atomic mass is 32.2. The van der Waals surface area contributed by atoms with Gasteiger partial charge >= 0.3 is 11.9 Å². The van der Waals surface area contributed by atoms with Gasteiger partial charge in [0.05, 0.1) is 12.5 Å². The standard InChI is InChI=1S/C17H30N4O7S3/c1-30-5-3-10(19-14(24)9(18)7-13(22)23)15(25)20-11(4-6-31-2)16(26)21-12(8-29)17(27)28/h9-12,29H,3-8,18H2,1-2H3,(H,19,24)(H,20,25)(H,21,26)(H,22,23)(H,27,28)/t9-,10-,11-,12-/m0/s1. The van der Waals surface area contributed by atoms with E-state index in [2.05, 4.69) is 28.6 Å². The highest BCUT2D eigenvalue weighted by molar-refractivity contribution is 7.98. The minimum absolute atomic E-state index is 0.127. The number of carboxylic acids is 2. The molecule has 0 aromatic rings. The Morgan fingerprint density at radius 1 is 0.839 bits per heavy atom. The average molecular weight is 499 g/mol. The van der Waals surface area contributed by atoms with Crippen LogP contribution < -0.4 is 21.7 Å². The first-order valence-corrected chi connectivity index (χ1v) is 12.7. The van der Waals surface area contributed by atoms with Crippen molar-refractivity contribution >= 4 is 65.8 Å². The van der Waals surface area contributed by atoms with Crippen LogP contribution in [0.1, 0.15) is 19.3 Å². The second kappa shape index (κ2) is 16.1. The van der Waals surface area contributed by atoms with E-state index in [9.17, 15) is 24.0 Å². The minimum atomic E-state index is -1.33. The third kappa shape index (κ3) is 12.1. The number of amides is 3. The van der Waals surface area contributed by atoms with Crippen molar-refractivity contribution in [2.24, 2.45) is 5.73 Å². The Hall–Kier alpha value is -1.64. The molecule has 11 nitrogen and oxygen atoms in total. The number of carbonyl (C=O) groups is 5. The third-order valence-corrected chi connectivity index (χ3v) is 5.67. The Kier molecular flexibility index (Phi) is 15.2. The number of carboxylic acid groups (broad SMARTS) is 2. The number of hydrogen-bond acceptors (Lipinski definition) is 9. The lowest BCUT2D eigenvalue weighted by atomic mass is 10.1. The van der Waals surface area contributed by atoms with Gasteiger partial charge in [0.15, 0.2) is 0 Å². The van der Waals surface area contributed by atoms with Crippen LogP contribution in [-0.2, 0) is 24.0 Å². The smallest absolute Gasteiger partial charge is 0.327 e. The maximum atomic E-state index is 12.8. The van der Waals surface area contributed by atoms with Gasteiger partial charge in [-0.25, -0.2) is 4.79 Å². The van der Waals surface area contributed by atoms with Gasteiger partial charge in [0.1, 0.15) is 18.1 Å². The quantitative estimate of drug-likeness (QED) is 0.127. The molecule has 0 aliphatic heterocycles. The van der Waals surface area contributed by atoms with Crippen LogP contribution in [0.4, 0.5) is 0 Å². The van der Waals surface area contributed by atoms with Gasteiger partial charge in [0.25, 0.3) is 0 Å². The number of thiol groups is 1. The van der Waals surface area contributed by atoms with Gasteiger partial charge in [-0.15, -0.1) is 0 Å². The van der Waals surface area contributed by atoms with Gasteiger partial charge in [-0.1, -0.05) is 0 Å². The second-order valence-corrected chi connectivity index (χ2v) is 8.81. The third-order valence-electron chi connectivity index (χ3n) is 4.02. The molecule has 31 heavy (non-hydrogen) atoms. The number of nitrogens with two attached hydrogens (primary N) is 1. The van der Waals surface area contributed by atoms with E-state index in [1.54, 1.807) is 0 Å². The molecule has 0 unspecified atom stereocenters. The predicted octanol–water partition coefficient (Wildman–Crippen LogP) is -1.24. The van der Waals surface area contributed by atoms with E-state index in [0.29, 0.717) is 11.5 Å². The van der Waals surface area contributed by atoms with Crippen molar-refractivity contribution in [3.63, 3.8) is 0 Å². The summed E-state index contributed by atoms with van der Waals surface area (Å²) in [6.07, 6.45) is 3.49. The number of aliphatic carboxylic acids is 2. The van der Waals surface area contributed by atoms with Gasteiger partial charge < -0.3 is 31.9 Å². The predicted molar refractivity (Wildman–Crippen MR) is 124 cm³/mol. The summed E-state index contributed by atoms with van der Waals surface area (Å²) < 4.78 is 0. The Bertz CT molecular complexity index is 639. The highest BCUT2D eigenvalue weighted by Crippen LogP contribution is 2.06. The summed E-state index contributed by atoms with van der Waals surface area (Å²) in [7, 11) is 0. The average Bonchev–Trinajstić information content (AvgIpc) is 2.70. The van der Waals surface area contributed by atoms with Gasteiger partial charge in [-0.2, -0.15) is 36.2 Å². The normalized spacial score (nSPS) is 14.6. The topological polar surface area (TPSA) is 188 Å². The van der Waals surface area contributed by atoms with E-state index in [0.717, 1.165) is 0 Å². The monoisotopic (exact) mass is 498 g/mol. The highest BCUT2D eigenvalue weighted by Gasteiger charge is 2.30. The molecule has 0 radical (unpaired) electrons. The minimum Gasteiger partial charge on any atom is -0.481 e. The molecule has 0 saturated heterocycles. The Balaban J connectivity index is 5.32. The zero-order chi connectivity index (χ0) is 24.0. The van der Waals surface area contributed by atoms with Gasteiger partial charge in [0.2, 0.25) is 17.7 Å². The van der Waals surface area contributed by atoms with E-state index in [-0.39, 0.29) is 18.6 Å². The van der Waals surface area contributed by atoms with Crippen molar-refractivity contribution in [2.45, 2.75) is 43.4 Å². The SMILES string of the molecule is CSCC[C@H](NC(=O)[C@H](CCSC)NC(=O)[C@@H](N)CC(=O)O)C(=O)N[C@@H](CS)C(=O)O. The molecule has 0 aromatic heterocycles. The van der Waals surface area contributed by atoms with Crippen molar-refractivity contribution in [3.05, 3.63) is 0 Å². The van der Waals surface area contributed by atoms with Crippen LogP contribution in [0.15, 0.2) is 0 Å². The molecule has 7 N–H and O–H groups in total. The number of rotatable bonds is 16. The summed E-state index contributed by atoms with van der Waals surface area (Å²) in [6.45, 7) is 0. The van der Waals surface area contributed by atoms with Crippen LogP contribution in [0.3, 0.4) is 0 Å². The summed E-state index contributed by atoms with van der Waals surface area (Å²) in [5.41, 5.74) is 5.55. The fraction of sp³-hybridized carbons (Fsp3) is 0.706. The first-order chi connectivity index (χ1) is 14.6. The summed E-state index contributed by atoms with van der Waals surface area (Å²) in [5.74, 6) is -3.73. The summed E-state index contributed by atoms with van der Waals surface area (Å²) in [5, 5.41) is 25.2. The molecule has 0 heterocycles. The van der Waals surface area contributed by atoms with E-state index >= 15 is 0 Å². The Morgan fingerprint density at radius 3 is 1.61 bits per heavy atom. The second-order valence-electron chi connectivity index (χ2n) is 6.47. The van der Waals surface area contributed by atoms with Crippen molar-refractivity contribution in [2.75, 3.05) is 29.8 Å². The summed E-state index contributed by atoms with van der Waals surface area (Å²) in [4.78, 5) is 59.4. The van der Waals surface area contributed by atoms with Crippen LogP contribution in [0, 0.1) is 0 Å². The first kappa shape index (κ1) is 29.4. The molecule has 0 saturated carbocycles. The number of nitrogens with one attached hydrogen (secondary N) is 3.